The van der Waals surface area contributed by atoms with E-state index in [0.29, 0.717) is 10.8 Å². The molecule has 0 saturated carbocycles. The Bertz CT molecular complexity index is 671. The van der Waals surface area contributed by atoms with Gasteiger partial charge in [-0.2, -0.15) is 0 Å². The molecule has 2 rings (SSSR count). The number of ether oxygens (including phenoxy) is 1. The molecule has 114 valence electrons. The maximum Gasteiger partial charge on any atom is 0.338 e. The summed E-state index contributed by atoms with van der Waals surface area (Å²) in [6, 6.07) is 8.65. The quantitative estimate of drug-likeness (QED) is 0.845. The van der Waals surface area contributed by atoms with Crippen LogP contribution in [0.25, 0.3) is 0 Å². The molecule has 0 aliphatic carbocycles. The van der Waals surface area contributed by atoms with Crippen molar-refractivity contribution in [2.45, 2.75) is 13.0 Å². The van der Waals surface area contributed by atoms with E-state index in [9.17, 15) is 9.59 Å². The molecule has 0 spiro atoms. The van der Waals surface area contributed by atoms with E-state index in [1.807, 2.05) is 0 Å². The minimum Gasteiger partial charge on any atom is -0.508 e. The number of phenols is 1. The fraction of sp³-hybridized carbons (Fsp3) is 0.133. The molecular formula is C15H13ClN2O4. The van der Waals surface area contributed by atoms with Gasteiger partial charge in [0.2, 0.25) is 0 Å². The molecule has 22 heavy (non-hydrogen) atoms. The van der Waals surface area contributed by atoms with E-state index in [0.717, 1.165) is 0 Å². The molecule has 1 atom stereocenters. The maximum absolute atomic E-state index is 11.9. The number of nitrogens with zero attached hydrogens (tertiary/aromatic N) is 1. The Morgan fingerprint density at radius 2 is 1.91 bits per heavy atom. The first-order valence-electron chi connectivity index (χ1n) is 6.38. The van der Waals surface area contributed by atoms with Gasteiger partial charge < -0.3 is 15.2 Å². The van der Waals surface area contributed by atoms with Crippen molar-refractivity contribution in [2.24, 2.45) is 0 Å². The van der Waals surface area contributed by atoms with E-state index in [1.54, 1.807) is 6.07 Å². The first-order chi connectivity index (χ1) is 10.5. The van der Waals surface area contributed by atoms with Crippen molar-refractivity contribution in [3.63, 3.8) is 0 Å². The second-order valence-corrected chi connectivity index (χ2v) is 4.88. The molecule has 2 aromatic rings. The summed E-state index contributed by atoms with van der Waals surface area (Å²) in [6.07, 6.45) is 0.392. The van der Waals surface area contributed by atoms with Crippen molar-refractivity contribution >= 4 is 29.3 Å². The smallest absolute Gasteiger partial charge is 0.338 e. The van der Waals surface area contributed by atoms with E-state index >= 15 is 0 Å². The number of aromatic nitrogens is 1. The second kappa shape index (κ2) is 6.91. The van der Waals surface area contributed by atoms with Gasteiger partial charge in [-0.3, -0.25) is 4.79 Å². The fourth-order valence-electron chi connectivity index (χ4n) is 1.56. The summed E-state index contributed by atoms with van der Waals surface area (Å²) in [5, 5.41) is 12.1. The highest BCUT2D eigenvalue weighted by Gasteiger charge is 2.19. The number of hydrogen-bond donors (Lipinski definition) is 2. The lowest BCUT2D eigenvalue weighted by Crippen LogP contribution is -2.30. The van der Waals surface area contributed by atoms with Crippen LogP contribution in [0.1, 0.15) is 17.3 Å². The monoisotopic (exact) mass is 320 g/mol. The number of amides is 1. The zero-order valence-electron chi connectivity index (χ0n) is 11.6. The van der Waals surface area contributed by atoms with Gasteiger partial charge in [0, 0.05) is 6.20 Å². The molecule has 1 amide bonds. The molecule has 7 heteroatoms. The predicted molar refractivity (Wildman–Crippen MR) is 80.9 cm³/mol. The number of phenolic OH excluding ortho intramolecular Hbond substituents is 1. The van der Waals surface area contributed by atoms with Gasteiger partial charge in [-0.1, -0.05) is 11.6 Å². The van der Waals surface area contributed by atoms with Gasteiger partial charge in [0.25, 0.3) is 5.91 Å². The van der Waals surface area contributed by atoms with E-state index in [4.69, 9.17) is 21.4 Å². The number of aromatic hydroxyl groups is 1. The van der Waals surface area contributed by atoms with Crippen molar-refractivity contribution in [3.8, 4) is 5.75 Å². The van der Waals surface area contributed by atoms with Gasteiger partial charge in [0.05, 0.1) is 10.6 Å². The standard InChI is InChI=1S/C15H13ClN2O4/c1-9(14(20)18-13-7-4-11(16)8-17-13)22-15(21)10-2-5-12(19)6-3-10/h2-9,19H,1H3,(H,17,18,20)/t9-/m1/s1. The molecule has 0 radical (unpaired) electrons. The summed E-state index contributed by atoms with van der Waals surface area (Å²) in [6.45, 7) is 1.45. The van der Waals surface area contributed by atoms with Gasteiger partial charge in [-0.05, 0) is 43.3 Å². The lowest BCUT2D eigenvalue weighted by Gasteiger charge is -2.13. The van der Waals surface area contributed by atoms with Crippen LogP contribution in [0.3, 0.4) is 0 Å². The highest BCUT2D eigenvalue weighted by molar-refractivity contribution is 6.30. The number of anilines is 1. The number of benzene rings is 1. The largest absolute Gasteiger partial charge is 0.508 e. The highest BCUT2D eigenvalue weighted by Crippen LogP contribution is 2.13. The molecule has 0 fully saturated rings. The van der Waals surface area contributed by atoms with Crippen LogP contribution in [0, 0.1) is 0 Å². The van der Waals surface area contributed by atoms with Crippen molar-refractivity contribution in [1.82, 2.24) is 4.98 Å². The summed E-state index contributed by atoms with van der Waals surface area (Å²) < 4.78 is 5.05. The van der Waals surface area contributed by atoms with Crippen LogP contribution in [0.15, 0.2) is 42.6 Å². The average Bonchev–Trinajstić information content (AvgIpc) is 2.50. The Morgan fingerprint density at radius 1 is 1.23 bits per heavy atom. The van der Waals surface area contributed by atoms with Crippen molar-refractivity contribution < 1.29 is 19.4 Å². The molecule has 0 bridgehead atoms. The Hall–Kier alpha value is -2.60. The molecule has 0 aliphatic heterocycles. The summed E-state index contributed by atoms with van der Waals surface area (Å²) in [5.74, 6) is -0.827. The first kappa shape index (κ1) is 15.8. The minimum atomic E-state index is -1.00. The summed E-state index contributed by atoms with van der Waals surface area (Å²) in [5.41, 5.74) is 0.238. The summed E-state index contributed by atoms with van der Waals surface area (Å²) in [7, 11) is 0. The molecular weight excluding hydrogens is 308 g/mol. The Labute approximate surface area is 131 Å². The Morgan fingerprint density at radius 3 is 2.50 bits per heavy atom. The van der Waals surface area contributed by atoms with Crippen LogP contribution in [0.2, 0.25) is 5.02 Å². The van der Waals surface area contributed by atoms with E-state index < -0.39 is 18.0 Å². The Balaban J connectivity index is 1.94. The molecule has 6 nitrogen and oxygen atoms in total. The molecule has 0 unspecified atom stereocenters. The fourth-order valence-corrected chi connectivity index (χ4v) is 1.67. The van der Waals surface area contributed by atoms with Gasteiger partial charge in [-0.25, -0.2) is 9.78 Å². The van der Waals surface area contributed by atoms with Crippen LogP contribution in [-0.4, -0.2) is 28.1 Å². The first-order valence-corrected chi connectivity index (χ1v) is 6.76. The number of hydrogen-bond acceptors (Lipinski definition) is 5. The topological polar surface area (TPSA) is 88.5 Å². The Kier molecular flexibility index (Phi) is 4.95. The van der Waals surface area contributed by atoms with Crippen LogP contribution in [-0.2, 0) is 9.53 Å². The van der Waals surface area contributed by atoms with Crippen molar-refractivity contribution in [2.75, 3.05) is 5.32 Å². The number of halogens is 1. The third-order valence-corrected chi connectivity index (χ3v) is 2.96. The molecule has 2 N–H and O–H groups in total. The van der Waals surface area contributed by atoms with Crippen molar-refractivity contribution in [1.29, 1.82) is 0 Å². The number of nitrogens with one attached hydrogen (secondary N) is 1. The molecule has 0 aliphatic rings. The number of carbonyl (C=O) groups is 2. The average molecular weight is 321 g/mol. The SMILES string of the molecule is C[C@@H](OC(=O)c1ccc(O)cc1)C(=O)Nc1ccc(Cl)cn1. The minimum absolute atomic E-state index is 0.0381. The van der Waals surface area contributed by atoms with Crippen LogP contribution in [0.4, 0.5) is 5.82 Å². The van der Waals surface area contributed by atoms with Gasteiger partial charge in [-0.15, -0.1) is 0 Å². The predicted octanol–water partition coefficient (Wildman–Crippen LogP) is 2.62. The second-order valence-electron chi connectivity index (χ2n) is 4.45. The van der Waals surface area contributed by atoms with Crippen LogP contribution >= 0.6 is 11.6 Å². The molecule has 1 heterocycles. The van der Waals surface area contributed by atoms with Crippen LogP contribution in [0.5, 0.6) is 5.75 Å². The third-order valence-electron chi connectivity index (χ3n) is 2.73. The summed E-state index contributed by atoms with van der Waals surface area (Å²) in [4.78, 5) is 27.7. The number of carbonyl (C=O) groups excluding carboxylic acids is 2. The van der Waals surface area contributed by atoms with Gasteiger partial charge >= 0.3 is 5.97 Å². The highest BCUT2D eigenvalue weighted by atomic mass is 35.5. The van der Waals surface area contributed by atoms with Gasteiger partial charge in [0.1, 0.15) is 11.6 Å². The lowest BCUT2D eigenvalue weighted by atomic mass is 10.2. The van der Waals surface area contributed by atoms with Crippen LogP contribution < -0.4 is 5.32 Å². The van der Waals surface area contributed by atoms with E-state index in [2.05, 4.69) is 10.3 Å². The number of pyridine rings is 1. The summed E-state index contributed by atoms with van der Waals surface area (Å²) >= 11 is 5.70. The van der Waals surface area contributed by atoms with Gasteiger partial charge in [0.15, 0.2) is 6.10 Å². The maximum atomic E-state index is 11.9. The lowest BCUT2D eigenvalue weighted by molar-refractivity contribution is -0.123. The third kappa shape index (κ3) is 4.20. The molecule has 1 aromatic heterocycles. The molecule has 0 saturated heterocycles. The molecule has 1 aromatic carbocycles. The normalized spacial score (nSPS) is 11.5. The van der Waals surface area contributed by atoms with E-state index in [1.165, 1.54) is 43.5 Å². The zero-order chi connectivity index (χ0) is 16.1. The number of esters is 1. The number of rotatable bonds is 4. The zero-order valence-corrected chi connectivity index (χ0v) is 12.4. The van der Waals surface area contributed by atoms with Crippen molar-refractivity contribution in [3.05, 3.63) is 53.2 Å². The van der Waals surface area contributed by atoms with E-state index in [-0.39, 0.29) is 11.3 Å².